The molecule has 0 aromatic carbocycles. The second kappa shape index (κ2) is 6.08. The first kappa shape index (κ1) is 17.3. The van der Waals surface area contributed by atoms with E-state index in [1.54, 1.807) is 0 Å². The summed E-state index contributed by atoms with van der Waals surface area (Å²) in [5.41, 5.74) is 1.06. The highest BCUT2D eigenvalue weighted by atomic mass is 14.5. The van der Waals surface area contributed by atoms with E-state index in [2.05, 4.69) is 65.8 Å². The molecule has 4 aliphatic rings. The summed E-state index contributed by atoms with van der Waals surface area (Å²) in [5.74, 6) is 5.69. The lowest BCUT2D eigenvalue weighted by Gasteiger charge is -2.32. The van der Waals surface area contributed by atoms with Crippen LogP contribution in [0.2, 0.25) is 0 Å². The molecule has 0 N–H and O–H groups in total. The Hall–Kier alpha value is -0.520. The van der Waals surface area contributed by atoms with Gasteiger partial charge in [-0.15, -0.1) is 0 Å². The minimum atomic E-state index is 0.531. The van der Waals surface area contributed by atoms with Crippen LogP contribution < -0.4 is 0 Å². The van der Waals surface area contributed by atoms with Crippen molar-refractivity contribution in [3.05, 3.63) is 24.3 Å². The van der Waals surface area contributed by atoms with Gasteiger partial charge in [0.05, 0.1) is 0 Å². The molecule has 0 spiro atoms. The second-order valence-electron chi connectivity index (χ2n) is 11.1. The SMILES string of the molecule is CC(C)(C)C1CC2C=CC1C2.CC(C)(C)CC1CC2C=CC1C2. The minimum absolute atomic E-state index is 0.531. The van der Waals surface area contributed by atoms with E-state index in [0.29, 0.717) is 10.8 Å². The number of allylic oxidation sites excluding steroid dienone is 4. The van der Waals surface area contributed by atoms with Gasteiger partial charge < -0.3 is 0 Å². The second-order valence-corrected chi connectivity index (χ2v) is 11.1. The highest BCUT2D eigenvalue weighted by Crippen LogP contribution is 2.50. The molecular formula is C23H38. The molecule has 0 radical (unpaired) electrons. The van der Waals surface area contributed by atoms with Crippen LogP contribution in [0.15, 0.2) is 24.3 Å². The summed E-state index contributed by atoms with van der Waals surface area (Å²) in [7, 11) is 0. The molecule has 0 nitrogen and oxygen atoms in total. The highest BCUT2D eigenvalue weighted by molar-refractivity contribution is 5.12. The Balaban J connectivity index is 0.000000136. The first-order valence-corrected chi connectivity index (χ1v) is 9.98. The van der Waals surface area contributed by atoms with Crippen LogP contribution in [-0.4, -0.2) is 0 Å². The maximum absolute atomic E-state index is 2.46. The predicted molar refractivity (Wildman–Crippen MR) is 101 cm³/mol. The van der Waals surface area contributed by atoms with Crippen molar-refractivity contribution < 1.29 is 0 Å². The average molecular weight is 315 g/mol. The van der Waals surface area contributed by atoms with Crippen LogP contribution in [0, 0.1) is 46.3 Å². The minimum Gasteiger partial charge on any atom is -0.0851 e. The van der Waals surface area contributed by atoms with Crippen LogP contribution >= 0.6 is 0 Å². The molecule has 4 bridgehead atoms. The summed E-state index contributed by atoms with van der Waals surface area (Å²) in [5, 5.41) is 0. The van der Waals surface area contributed by atoms with E-state index in [0.717, 1.165) is 35.5 Å². The van der Waals surface area contributed by atoms with Crippen molar-refractivity contribution >= 4 is 0 Å². The average Bonchev–Trinajstić information content (AvgIpc) is 3.17. The van der Waals surface area contributed by atoms with E-state index in [4.69, 9.17) is 0 Å². The zero-order valence-corrected chi connectivity index (χ0v) is 16.3. The maximum Gasteiger partial charge on any atom is -0.0194 e. The molecule has 0 heterocycles. The Morgan fingerprint density at radius 2 is 1.26 bits per heavy atom. The van der Waals surface area contributed by atoms with Gasteiger partial charge in [-0.25, -0.2) is 0 Å². The van der Waals surface area contributed by atoms with E-state index in [1.807, 2.05) is 0 Å². The van der Waals surface area contributed by atoms with Crippen molar-refractivity contribution in [2.45, 2.75) is 73.6 Å². The van der Waals surface area contributed by atoms with Crippen molar-refractivity contribution in [3.63, 3.8) is 0 Å². The lowest BCUT2D eigenvalue weighted by atomic mass is 9.73. The zero-order chi connectivity index (χ0) is 16.8. The Morgan fingerprint density at radius 3 is 1.57 bits per heavy atom. The fraction of sp³-hybridized carbons (Fsp3) is 0.826. The third-order valence-corrected chi connectivity index (χ3v) is 6.68. The Labute approximate surface area is 144 Å². The first-order valence-electron chi connectivity index (χ1n) is 9.98. The van der Waals surface area contributed by atoms with Gasteiger partial charge in [0.25, 0.3) is 0 Å². The molecule has 0 aromatic rings. The molecular weight excluding hydrogens is 276 g/mol. The van der Waals surface area contributed by atoms with Gasteiger partial charge in [0, 0.05) is 0 Å². The van der Waals surface area contributed by atoms with Gasteiger partial charge >= 0.3 is 0 Å². The van der Waals surface area contributed by atoms with Gasteiger partial charge in [0.1, 0.15) is 0 Å². The molecule has 6 unspecified atom stereocenters. The van der Waals surface area contributed by atoms with Crippen LogP contribution in [0.3, 0.4) is 0 Å². The van der Waals surface area contributed by atoms with Crippen molar-refractivity contribution in [2.75, 3.05) is 0 Å². The standard InChI is InChI=1S/C12H20.C11H18/c1-12(2,3)8-11-7-9-4-5-10(11)6-9;1-11(2,3)10-7-8-4-5-9(10)6-8/h4-5,9-11H,6-8H2,1-3H3;4-5,8-10H,6-7H2,1-3H3. The highest BCUT2D eigenvalue weighted by Gasteiger charge is 2.41. The van der Waals surface area contributed by atoms with E-state index in [-0.39, 0.29) is 0 Å². The summed E-state index contributed by atoms with van der Waals surface area (Å²) < 4.78 is 0. The van der Waals surface area contributed by atoms with Gasteiger partial charge in [-0.1, -0.05) is 65.8 Å². The van der Waals surface area contributed by atoms with Crippen LogP contribution in [-0.2, 0) is 0 Å². The van der Waals surface area contributed by atoms with Crippen molar-refractivity contribution in [2.24, 2.45) is 46.3 Å². The molecule has 4 aliphatic carbocycles. The Kier molecular flexibility index (Phi) is 4.58. The zero-order valence-electron chi connectivity index (χ0n) is 16.3. The number of fused-ring (bicyclic) bond motifs is 4. The normalized spacial score (nSPS) is 40.6. The number of rotatable bonds is 1. The van der Waals surface area contributed by atoms with Crippen LogP contribution in [0.5, 0.6) is 0 Å². The Bertz CT molecular complexity index is 467. The van der Waals surface area contributed by atoms with Crippen molar-refractivity contribution in [1.82, 2.24) is 0 Å². The van der Waals surface area contributed by atoms with Gasteiger partial charge in [-0.3, -0.25) is 0 Å². The molecule has 2 fully saturated rings. The summed E-state index contributed by atoms with van der Waals surface area (Å²) in [4.78, 5) is 0. The van der Waals surface area contributed by atoms with E-state index < -0.39 is 0 Å². The molecule has 23 heavy (non-hydrogen) atoms. The predicted octanol–water partition coefficient (Wildman–Crippen LogP) is 6.88. The molecule has 0 aliphatic heterocycles. The number of hydrogen-bond donors (Lipinski definition) is 0. The number of hydrogen-bond acceptors (Lipinski definition) is 0. The molecule has 6 atom stereocenters. The topological polar surface area (TPSA) is 0 Å². The van der Waals surface area contributed by atoms with Gasteiger partial charge in [0.2, 0.25) is 0 Å². The molecule has 0 amide bonds. The molecule has 0 heteroatoms. The summed E-state index contributed by atoms with van der Waals surface area (Å²) in [6.07, 6.45) is 17.0. The third-order valence-electron chi connectivity index (χ3n) is 6.68. The van der Waals surface area contributed by atoms with E-state index in [1.165, 1.54) is 32.1 Å². The van der Waals surface area contributed by atoms with Crippen molar-refractivity contribution in [3.8, 4) is 0 Å². The molecule has 130 valence electrons. The van der Waals surface area contributed by atoms with Crippen molar-refractivity contribution in [1.29, 1.82) is 0 Å². The van der Waals surface area contributed by atoms with Crippen LogP contribution in [0.1, 0.15) is 73.6 Å². The quantitative estimate of drug-likeness (QED) is 0.463. The largest absolute Gasteiger partial charge is 0.0851 e. The van der Waals surface area contributed by atoms with E-state index >= 15 is 0 Å². The van der Waals surface area contributed by atoms with E-state index in [9.17, 15) is 0 Å². The smallest absolute Gasteiger partial charge is 0.0194 e. The van der Waals surface area contributed by atoms with Gasteiger partial charge in [-0.05, 0) is 78.4 Å². The van der Waals surface area contributed by atoms with Gasteiger partial charge in [0.15, 0.2) is 0 Å². The van der Waals surface area contributed by atoms with Gasteiger partial charge in [-0.2, -0.15) is 0 Å². The van der Waals surface area contributed by atoms with Crippen LogP contribution in [0.4, 0.5) is 0 Å². The molecule has 0 aromatic heterocycles. The third kappa shape index (κ3) is 4.12. The van der Waals surface area contributed by atoms with Crippen LogP contribution in [0.25, 0.3) is 0 Å². The lowest BCUT2D eigenvalue weighted by Crippen LogP contribution is -2.23. The fourth-order valence-electron chi connectivity index (χ4n) is 5.69. The maximum atomic E-state index is 2.46. The first-order chi connectivity index (χ1) is 10.6. The lowest BCUT2D eigenvalue weighted by molar-refractivity contribution is 0.205. The summed E-state index contributed by atoms with van der Waals surface area (Å²) in [6, 6.07) is 0. The fourth-order valence-corrected chi connectivity index (χ4v) is 5.69. The summed E-state index contributed by atoms with van der Waals surface area (Å²) >= 11 is 0. The molecule has 4 rings (SSSR count). The monoisotopic (exact) mass is 314 g/mol. The molecule has 0 saturated heterocycles. The Morgan fingerprint density at radius 1 is 0.696 bits per heavy atom. The molecule has 2 saturated carbocycles. The summed E-state index contributed by atoms with van der Waals surface area (Å²) in [6.45, 7) is 14.2.